The lowest BCUT2D eigenvalue weighted by molar-refractivity contribution is 0.0879. The average Bonchev–Trinajstić information content (AvgIpc) is 1.88. The van der Waals surface area contributed by atoms with Gasteiger partial charge in [0.1, 0.15) is 6.67 Å². The molecule has 1 saturated heterocycles. The molecule has 5 heteroatoms. The Kier molecular flexibility index (Phi) is 1.96. The van der Waals surface area contributed by atoms with Gasteiger partial charge in [0.25, 0.3) is 0 Å². The molecule has 0 aliphatic carbocycles. The van der Waals surface area contributed by atoms with Gasteiger partial charge in [-0.1, -0.05) is 0 Å². The van der Waals surface area contributed by atoms with Crippen LogP contribution >= 0.6 is 0 Å². The first-order valence-corrected chi connectivity index (χ1v) is 2.91. The molecule has 1 aliphatic heterocycles. The predicted molar refractivity (Wildman–Crippen MR) is 32.9 cm³/mol. The Morgan fingerprint density at radius 2 is 2.22 bits per heavy atom. The summed E-state index contributed by atoms with van der Waals surface area (Å²) in [6.07, 6.45) is 0.919. The van der Waals surface area contributed by atoms with Crippen LogP contribution in [0.1, 0.15) is 6.42 Å². The maximum atomic E-state index is 9.90. The summed E-state index contributed by atoms with van der Waals surface area (Å²) in [6, 6.07) is 0. The maximum absolute atomic E-state index is 9.90. The Morgan fingerprint density at radius 1 is 1.44 bits per heavy atom. The third-order valence-corrected chi connectivity index (χ3v) is 1.32. The monoisotopic (exact) mass is 130 g/mol. The second-order valence-corrected chi connectivity index (χ2v) is 2.12. The lowest BCUT2D eigenvalue weighted by Gasteiger charge is -2.27. The Hall–Kier alpha value is -0.680. The number of hydrazine groups is 1. The largest absolute Gasteiger partial charge is 0.267 e. The van der Waals surface area contributed by atoms with Gasteiger partial charge in [0.15, 0.2) is 0 Å². The van der Waals surface area contributed by atoms with Gasteiger partial charge >= 0.3 is 0 Å². The normalized spacial score (nSPS) is 22.1. The summed E-state index contributed by atoms with van der Waals surface area (Å²) < 4.78 is 0. The molecule has 0 saturated carbocycles. The molecule has 0 amide bonds. The van der Waals surface area contributed by atoms with Gasteiger partial charge in [0.2, 0.25) is 0 Å². The van der Waals surface area contributed by atoms with Crippen molar-refractivity contribution < 1.29 is 0 Å². The molecule has 52 valence electrons. The van der Waals surface area contributed by atoms with Gasteiger partial charge in [-0.2, -0.15) is 0 Å². The molecule has 1 aliphatic rings. The van der Waals surface area contributed by atoms with Crippen molar-refractivity contribution in [3.63, 3.8) is 0 Å². The first-order valence-electron chi connectivity index (χ1n) is 2.91. The molecule has 5 nitrogen and oxygen atoms in total. The van der Waals surface area contributed by atoms with E-state index in [4.69, 9.17) is 5.84 Å². The molecular formula is C4H10N4O. The summed E-state index contributed by atoms with van der Waals surface area (Å²) in [5.74, 6) is 5.39. The van der Waals surface area contributed by atoms with Crippen LogP contribution in [0.4, 0.5) is 0 Å². The second kappa shape index (κ2) is 2.75. The van der Waals surface area contributed by atoms with Gasteiger partial charge in [0.05, 0.1) is 5.29 Å². The first-order chi connectivity index (χ1) is 4.33. The minimum Gasteiger partial charge on any atom is -0.267 e. The van der Waals surface area contributed by atoms with E-state index in [2.05, 4.69) is 5.29 Å². The molecule has 1 fully saturated rings. The van der Waals surface area contributed by atoms with Crippen LogP contribution in [0.25, 0.3) is 0 Å². The summed E-state index contributed by atoms with van der Waals surface area (Å²) in [4.78, 5) is 9.90. The van der Waals surface area contributed by atoms with E-state index in [1.54, 1.807) is 5.01 Å². The number of hydrogen-bond acceptors (Lipinski definition) is 4. The van der Waals surface area contributed by atoms with Gasteiger partial charge < -0.3 is 0 Å². The second-order valence-electron chi connectivity index (χ2n) is 2.12. The van der Waals surface area contributed by atoms with Crippen LogP contribution in [-0.4, -0.2) is 29.8 Å². The fourth-order valence-electron chi connectivity index (χ4n) is 0.874. The van der Waals surface area contributed by atoms with Gasteiger partial charge in [-0.05, 0) is 6.42 Å². The highest BCUT2D eigenvalue weighted by molar-refractivity contribution is 4.59. The van der Waals surface area contributed by atoms with Crippen LogP contribution in [0.3, 0.4) is 0 Å². The molecule has 0 atom stereocenters. The molecule has 0 aromatic heterocycles. The number of nitroso groups, excluding NO2 is 1. The summed E-state index contributed by atoms with van der Waals surface area (Å²) >= 11 is 0. The van der Waals surface area contributed by atoms with E-state index in [1.165, 1.54) is 5.01 Å². The van der Waals surface area contributed by atoms with E-state index in [1.807, 2.05) is 0 Å². The molecule has 0 spiro atoms. The van der Waals surface area contributed by atoms with Crippen LogP contribution in [0.2, 0.25) is 0 Å². The molecule has 0 radical (unpaired) electrons. The summed E-state index contributed by atoms with van der Waals surface area (Å²) in [5, 5.41) is 5.74. The zero-order valence-corrected chi connectivity index (χ0v) is 5.16. The fourth-order valence-corrected chi connectivity index (χ4v) is 0.874. The molecule has 1 heterocycles. The highest BCUT2D eigenvalue weighted by Crippen LogP contribution is 2.00. The number of nitrogens with two attached hydrogens (primary N) is 1. The fraction of sp³-hybridized carbons (Fsp3) is 1.00. The minimum atomic E-state index is 0.462. The molecule has 0 unspecified atom stereocenters. The molecule has 0 aromatic carbocycles. The van der Waals surface area contributed by atoms with Crippen molar-refractivity contribution in [3.05, 3.63) is 4.91 Å². The molecular weight excluding hydrogens is 120 g/mol. The average molecular weight is 130 g/mol. The van der Waals surface area contributed by atoms with E-state index in [0.717, 1.165) is 19.5 Å². The smallest absolute Gasteiger partial charge is 0.104 e. The number of hydrogen-bond donors (Lipinski definition) is 1. The van der Waals surface area contributed by atoms with Crippen LogP contribution in [0.5, 0.6) is 0 Å². The topological polar surface area (TPSA) is 61.9 Å². The summed E-state index contributed by atoms with van der Waals surface area (Å²) in [7, 11) is 0. The molecule has 0 aromatic rings. The van der Waals surface area contributed by atoms with E-state index < -0.39 is 0 Å². The Labute approximate surface area is 53.3 Å². The number of nitrogens with zero attached hydrogens (tertiary/aromatic N) is 3. The molecule has 2 N–H and O–H groups in total. The zero-order chi connectivity index (χ0) is 6.69. The van der Waals surface area contributed by atoms with Crippen molar-refractivity contribution in [1.29, 1.82) is 0 Å². The maximum Gasteiger partial charge on any atom is 0.104 e. The van der Waals surface area contributed by atoms with E-state index in [0.29, 0.717) is 6.67 Å². The minimum absolute atomic E-state index is 0.462. The van der Waals surface area contributed by atoms with Crippen LogP contribution in [-0.2, 0) is 0 Å². The van der Waals surface area contributed by atoms with E-state index >= 15 is 0 Å². The third kappa shape index (κ3) is 1.62. The van der Waals surface area contributed by atoms with Gasteiger partial charge in [-0.15, -0.1) is 4.91 Å². The molecule has 0 bridgehead atoms. The lowest BCUT2D eigenvalue weighted by Crippen LogP contribution is -2.45. The summed E-state index contributed by atoms with van der Waals surface area (Å²) in [6.45, 7) is 2.05. The van der Waals surface area contributed by atoms with Crippen molar-refractivity contribution >= 4 is 0 Å². The Balaban J connectivity index is 2.31. The van der Waals surface area contributed by atoms with Crippen LogP contribution in [0, 0.1) is 4.91 Å². The SMILES string of the molecule is NN1CCCN(N=O)C1. The van der Waals surface area contributed by atoms with Gasteiger partial charge in [0, 0.05) is 13.1 Å². The Bertz CT molecular complexity index is 107. The molecule has 9 heavy (non-hydrogen) atoms. The first kappa shape index (κ1) is 6.44. The molecule has 1 rings (SSSR count). The summed E-state index contributed by atoms with van der Waals surface area (Å²) in [5.41, 5.74) is 0. The lowest BCUT2D eigenvalue weighted by atomic mass is 10.3. The van der Waals surface area contributed by atoms with Crippen molar-refractivity contribution in [2.24, 2.45) is 11.1 Å². The van der Waals surface area contributed by atoms with Gasteiger partial charge in [-0.25, -0.2) is 10.0 Å². The number of rotatable bonds is 1. The third-order valence-electron chi connectivity index (χ3n) is 1.32. The van der Waals surface area contributed by atoms with Crippen molar-refractivity contribution in [1.82, 2.24) is 10.0 Å². The van der Waals surface area contributed by atoms with E-state index in [-0.39, 0.29) is 0 Å². The van der Waals surface area contributed by atoms with Gasteiger partial charge in [-0.3, -0.25) is 5.84 Å². The van der Waals surface area contributed by atoms with Crippen molar-refractivity contribution in [2.75, 3.05) is 19.8 Å². The van der Waals surface area contributed by atoms with Crippen LogP contribution in [0.15, 0.2) is 5.29 Å². The highest BCUT2D eigenvalue weighted by atomic mass is 16.3. The highest BCUT2D eigenvalue weighted by Gasteiger charge is 2.12. The van der Waals surface area contributed by atoms with Crippen molar-refractivity contribution in [2.45, 2.75) is 6.42 Å². The van der Waals surface area contributed by atoms with Crippen LogP contribution < -0.4 is 5.84 Å². The zero-order valence-electron chi connectivity index (χ0n) is 5.16. The van der Waals surface area contributed by atoms with E-state index in [9.17, 15) is 4.91 Å². The standard InChI is InChI=1S/C4H10N4O/c5-7-2-1-3-8(4-7)6-9/h1-5H2. The van der Waals surface area contributed by atoms with Crippen molar-refractivity contribution in [3.8, 4) is 0 Å². The predicted octanol–water partition coefficient (Wildman–Crippen LogP) is -0.493. The Morgan fingerprint density at radius 3 is 2.67 bits per heavy atom. The quantitative estimate of drug-likeness (QED) is 0.384.